The number of hydrogen-bond acceptors (Lipinski definition) is 4. The lowest BCUT2D eigenvalue weighted by molar-refractivity contribution is -0.142. The fraction of sp³-hybridized carbons (Fsp3) is 0.190. The first-order chi connectivity index (χ1) is 12.5. The van der Waals surface area contributed by atoms with Gasteiger partial charge in [-0.1, -0.05) is 46.8 Å². The number of aliphatic hydroxyl groups excluding tert-OH is 1. The highest BCUT2D eigenvalue weighted by atomic mass is 79.9. The average molecular weight is 415 g/mol. The van der Waals surface area contributed by atoms with Crippen LogP contribution >= 0.6 is 15.9 Å². The van der Waals surface area contributed by atoms with E-state index in [4.69, 9.17) is 9.47 Å². The molecule has 3 rings (SSSR count). The number of fused-ring (bicyclic) bond motifs is 2. The molecule has 5 heteroatoms. The maximum atomic E-state index is 11.4. The van der Waals surface area contributed by atoms with Gasteiger partial charge in [0.15, 0.2) is 0 Å². The van der Waals surface area contributed by atoms with Gasteiger partial charge in [0, 0.05) is 20.8 Å². The largest absolute Gasteiger partial charge is 0.489 e. The predicted molar refractivity (Wildman–Crippen MR) is 106 cm³/mol. The lowest BCUT2D eigenvalue weighted by Gasteiger charge is -2.16. The molecule has 26 heavy (non-hydrogen) atoms. The first-order valence-electron chi connectivity index (χ1n) is 8.20. The molecule has 0 heterocycles. The Morgan fingerprint density at radius 1 is 1.12 bits per heavy atom. The molecule has 0 bridgehead atoms. The highest BCUT2D eigenvalue weighted by Gasteiger charge is 2.14. The van der Waals surface area contributed by atoms with E-state index in [1.807, 2.05) is 42.5 Å². The van der Waals surface area contributed by atoms with Gasteiger partial charge >= 0.3 is 5.97 Å². The number of benzene rings is 3. The third-order valence-electron chi connectivity index (χ3n) is 3.95. The van der Waals surface area contributed by atoms with Crippen LogP contribution in [0.1, 0.15) is 6.92 Å². The summed E-state index contributed by atoms with van der Waals surface area (Å²) in [6.45, 7) is 4.95. The zero-order chi connectivity index (χ0) is 18.7. The summed E-state index contributed by atoms with van der Waals surface area (Å²) in [5.74, 6) is 0.181. The molecule has 0 saturated heterocycles. The monoisotopic (exact) mass is 414 g/mol. The van der Waals surface area contributed by atoms with Gasteiger partial charge in [-0.25, -0.2) is 4.79 Å². The standard InChI is InChI=1S/C21H19BrO4/c1-13(2)21(24)26-12-17(23)11-25-20-18-6-4-3-5-14(18)9-15-10-16(22)7-8-19(15)20/h3-10,17,23H,1,11-12H2,2H3. The van der Waals surface area contributed by atoms with Gasteiger partial charge in [0.1, 0.15) is 25.1 Å². The summed E-state index contributed by atoms with van der Waals surface area (Å²) in [6.07, 6.45) is -0.928. The zero-order valence-electron chi connectivity index (χ0n) is 14.4. The number of carbonyl (C=O) groups is 1. The summed E-state index contributed by atoms with van der Waals surface area (Å²) in [5, 5.41) is 14.1. The van der Waals surface area contributed by atoms with E-state index >= 15 is 0 Å². The van der Waals surface area contributed by atoms with Crippen LogP contribution in [0.5, 0.6) is 5.75 Å². The Bertz CT molecular complexity index is 980. The Labute approximate surface area is 160 Å². The topological polar surface area (TPSA) is 55.8 Å². The molecular weight excluding hydrogens is 396 g/mol. The summed E-state index contributed by atoms with van der Waals surface area (Å²) >= 11 is 3.49. The Hall–Kier alpha value is -2.37. The first kappa shape index (κ1) is 18.4. The second-order valence-corrected chi connectivity index (χ2v) is 7.05. The lowest BCUT2D eigenvalue weighted by atomic mass is 10.0. The summed E-state index contributed by atoms with van der Waals surface area (Å²) in [4.78, 5) is 11.4. The number of rotatable bonds is 6. The minimum absolute atomic E-state index is 0.0165. The quantitative estimate of drug-likeness (QED) is 0.363. The summed E-state index contributed by atoms with van der Waals surface area (Å²) in [5.41, 5.74) is 0.295. The van der Waals surface area contributed by atoms with Crippen molar-refractivity contribution in [3.8, 4) is 5.75 Å². The molecule has 0 aromatic heterocycles. The second-order valence-electron chi connectivity index (χ2n) is 6.14. The maximum absolute atomic E-state index is 11.4. The smallest absolute Gasteiger partial charge is 0.333 e. The van der Waals surface area contributed by atoms with E-state index in [0.717, 1.165) is 26.0 Å². The van der Waals surface area contributed by atoms with E-state index < -0.39 is 12.1 Å². The normalized spacial score (nSPS) is 12.1. The molecule has 1 atom stereocenters. The third-order valence-corrected chi connectivity index (χ3v) is 4.44. The second kappa shape index (κ2) is 7.89. The van der Waals surface area contributed by atoms with E-state index in [9.17, 15) is 9.90 Å². The highest BCUT2D eigenvalue weighted by molar-refractivity contribution is 9.10. The van der Waals surface area contributed by atoms with Crippen molar-refractivity contribution in [1.82, 2.24) is 0 Å². The molecule has 0 spiro atoms. The minimum atomic E-state index is -0.928. The number of aliphatic hydroxyl groups is 1. The van der Waals surface area contributed by atoms with Crippen molar-refractivity contribution in [3.63, 3.8) is 0 Å². The summed E-state index contributed by atoms with van der Waals surface area (Å²) in [7, 11) is 0. The van der Waals surface area contributed by atoms with Crippen molar-refractivity contribution in [3.05, 3.63) is 65.2 Å². The van der Waals surface area contributed by atoms with Crippen LogP contribution in [0.25, 0.3) is 21.5 Å². The van der Waals surface area contributed by atoms with Crippen LogP contribution in [0.2, 0.25) is 0 Å². The molecule has 1 N–H and O–H groups in total. The Balaban J connectivity index is 1.86. The van der Waals surface area contributed by atoms with Gasteiger partial charge in [0.2, 0.25) is 0 Å². The Kier molecular flexibility index (Phi) is 5.59. The molecule has 0 aliphatic rings. The van der Waals surface area contributed by atoms with Gasteiger partial charge in [-0.3, -0.25) is 0 Å². The van der Waals surface area contributed by atoms with Crippen molar-refractivity contribution in [1.29, 1.82) is 0 Å². The molecule has 3 aromatic rings. The van der Waals surface area contributed by atoms with E-state index in [1.54, 1.807) is 6.92 Å². The van der Waals surface area contributed by atoms with E-state index in [0.29, 0.717) is 11.3 Å². The molecular formula is C21H19BrO4. The lowest BCUT2D eigenvalue weighted by Crippen LogP contribution is -2.25. The molecule has 0 amide bonds. The molecule has 0 aliphatic heterocycles. The van der Waals surface area contributed by atoms with Gasteiger partial charge in [0.05, 0.1) is 0 Å². The summed E-state index contributed by atoms with van der Waals surface area (Å²) < 4.78 is 11.9. The van der Waals surface area contributed by atoms with Crippen LogP contribution in [0.3, 0.4) is 0 Å². The minimum Gasteiger partial charge on any atom is -0.489 e. The van der Waals surface area contributed by atoms with Crippen LogP contribution in [-0.4, -0.2) is 30.4 Å². The highest BCUT2D eigenvalue weighted by Crippen LogP contribution is 2.36. The molecule has 0 aliphatic carbocycles. The van der Waals surface area contributed by atoms with Crippen molar-refractivity contribution < 1.29 is 19.4 Å². The van der Waals surface area contributed by atoms with Crippen LogP contribution in [0.15, 0.2) is 65.2 Å². The molecule has 134 valence electrons. The van der Waals surface area contributed by atoms with Gasteiger partial charge in [0.25, 0.3) is 0 Å². The molecule has 3 aromatic carbocycles. The van der Waals surface area contributed by atoms with Gasteiger partial charge in [-0.15, -0.1) is 0 Å². The van der Waals surface area contributed by atoms with Crippen molar-refractivity contribution in [2.75, 3.05) is 13.2 Å². The maximum Gasteiger partial charge on any atom is 0.333 e. The zero-order valence-corrected chi connectivity index (χ0v) is 16.0. The molecule has 4 nitrogen and oxygen atoms in total. The van der Waals surface area contributed by atoms with Crippen LogP contribution in [-0.2, 0) is 9.53 Å². The van der Waals surface area contributed by atoms with Gasteiger partial charge < -0.3 is 14.6 Å². The predicted octanol–water partition coefficient (Wildman–Crippen LogP) is 4.61. The number of hydrogen-bond donors (Lipinski definition) is 1. The van der Waals surface area contributed by atoms with Crippen LogP contribution < -0.4 is 4.74 Å². The van der Waals surface area contributed by atoms with Crippen LogP contribution in [0, 0.1) is 0 Å². The van der Waals surface area contributed by atoms with Crippen LogP contribution in [0.4, 0.5) is 0 Å². The van der Waals surface area contributed by atoms with E-state index in [2.05, 4.69) is 28.6 Å². The molecule has 0 fully saturated rings. The first-order valence-corrected chi connectivity index (χ1v) is 8.99. The number of carbonyl (C=O) groups excluding carboxylic acids is 1. The number of esters is 1. The van der Waals surface area contributed by atoms with Gasteiger partial charge in [-0.05, 0) is 42.0 Å². The van der Waals surface area contributed by atoms with Crippen molar-refractivity contribution in [2.24, 2.45) is 0 Å². The average Bonchev–Trinajstić information content (AvgIpc) is 2.62. The SMILES string of the molecule is C=C(C)C(=O)OCC(O)COc1c2ccccc2cc2cc(Br)ccc12. The fourth-order valence-corrected chi connectivity index (χ4v) is 3.06. The third kappa shape index (κ3) is 4.06. The Morgan fingerprint density at radius 2 is 1.85 bits per heavy atom. The summed E-state index contributed by atoms with van der Waals surface area (Å²) in [6, 6.07) is 16.0. The number of halogens is 1. The van der Waals surface area contributed by atoms with Crippen molar-refractivity contribution >= 4 is 43.4 Å². The van der Waals surface area contributed by atoms with Crippen molar-refractivity contribution in [2.45, 2.75) is 13.0 Å². The van der Waals surface area contributed by atoms with E-state index in [-0.39, 0.29) is 13.2 Å². The molecule has 0 saturated carbocycles. The molecule has 1 unspecified atom stereocenters. The fourth-order valence-electron chi connectivity index (χ4n) is 2.68. The Morgan fingerprint density at radius 3 is 2.62 bits per heavy atom. The molecule has 0 radical (unpaired) electrons. The number of ether oxygens (including phenoxy) is 2. The van der Waals surface area contributed by atoms with Gasteiger partial charge in [-0.2, -0.15) is 0 Å². The van der Waals surface area contributed by atoms with E-state index in [1.165, 1.54) is 0 Å².